The highest BCUT2D eigenvalue weighted by Gasteiger charge is 2.22. The molecule has 0 saturated carbocycles. The fraction of sp³-hybridized carbons (Fsp3) is 0.435. The molecule has 0 saturated heterocycles. The Hall–Kier alpha value is -2.17. The highest BCUT2D eigenvalue weighted by molar-refractivity contribution is 5.94. The summed E-state index contributed by atoms with van der Waals surface area (Å²) in [5.41, 5.74) is 3.06. The van der Waals surface area contributed by atoms with Crippen molar-refractivity contribution in [2.75, 3.05) is 21.1 Å². The third-order valence-electron chi connectivity index (χ3n) is 4.73. The quantitative estimate of drug-likeness (QED) is 0.767. The summed E-state index contributed by atoms with van der Waals surface area (Å²) < 4.78 is 0. The van der Waals surface area contributed by atoms with E-state index in [-0.39, 0.29) is 11.9 Å². The fourth-order valence-corrected chi connectivity index (χ4v) is 3.62. The van der Waals surface area contributed by atoms with Crippen molar-refractivity contribution in [3.8, 4) is 0 Å². The summed E-state index contributed by atoms with van der Waals surface area (Å²) in [5.74, 6) is 0.0418. The van der Waals surface area contributed by atoms with Crippen molar-refractivity contribution in [1.29, 1.82) is 0 Å². The van der Waals surface area contributed by atoms with E-state index in [1.54, 1.807) is 4.90 Å². The van der Waals surface area contributed by atoms with Crippen molar-refractivity contribution in [1.82, 2.24) is 15.1 Å². The average Bonchev–Trinajstić information content (AvgIpc) is 2.61. The van der Waals surface area contributed by atoms with Gasteiger partial charge in [-0.3, -0.25) is 4.79 Å². The first-order valence-corrected chi connectivity index (χ1v) is 9.61. The van der Waals surface area contributed by atoms with Gasteiger partial charge in [-0.05, 0) is 44.3 Å². The van der Waals surface area contributed by atoms with Crippen LogP contribution in [0.3, 0.4) is 0 Å². The van der Waals surface area contributed by atoms with Crippen LogP contribution in [0.25, 0.3) is 0 Å². The second-order valence-electron chi connectivity index (χ2n) is 7.79. The van der Waals surface area contributed by atoms with E-state index >= 15 is 0 Å². The Kier molecular flexibility index (Phi) is 7.57. The predicted octanol–water partition coefficient (Wildman–Crippen LogP) is 3.95. The molecule has 2 atom stereocenters. The number of hydrogen-bond acceptors (Lipinski definition) is 3. The van der Waals surface area contributed by atoms with Crippen molar-refractivity contribution in [2.45, 2.75) is 45.4 Å². The summed E-state index contributed by atoms with van der Waals surface area (Å²) in [6.07, 6.45) is 0. The number of amides is 1. The van der Waals surface area contributed by atoms with Crippen LogP contribution < -0.4 is 5.32 Å². The lowest BCUT2D eigenvalue weighted by atomic mass is 9.97. The van der Waals surface area contributed by atoms with Gasteiger partial charge in [-0.1, -0.05) is 56.3 Å². The van der Waals surface area contributed by atoms with Crippen molar-refractivity contribution >= 4 is 5.91 Å². The minimum absolute atomic E-state index is 0.0418. The molecule has 2 rings (SSSR count). The van der Waals surface area contributed by atoms with Gasteiger partial charge in [-0.15, -0.1) is 0 Å². The summed E-state index contributed by atoms with van der Waals surface area (Å²) in [7, 11) is 6.03. The monoisotopic (exact) mass is 367 g/mol. The smallest absolute Gasteiger partial charge is 0.253 e. The van der Waals surface area contributed by atoms with Gasteiger partial charge in [-0.25, -0.2) is 0 Å². The number of carbonyl (C=O) groups is 1. The zero-order chi connectivity index (χ0) is 20.0. The number of carbonyl (C=O) groups excluding carboxylic acids is 1. The fourth-order valence-electron chi connectivity index (χ4n) is 3.62. The topological polar surface area (TPSA) is 35.6 Å². The molecule has 146 valence electrons. The van der Waals surface area contributed by atoms with Gasteiger partial charge >= 0.3 is 0 Å². The minimum Gasteiger partial charge on any atom is -0.337 e. The first kappa shape index (κ1) is 21.1. The Labute approximate surface area is 164 Å². The zero-order valence-electron chi connectivity index (χ0n) is 17.4. The molecule has 0 aliphatic rings. The first-order valence-electron chi connectivity index (χ1n) is 9.61. The van der Waals surface area contributed by atoms with Gasteiger partial charge in [0, 0.05) is 37.3 Å². The Morgan fingerprint density at radius 2 is 1.52 bits per heavy atom. The molecule has 0 aliphatic carbocycles. The Bertz CT molecular complexity index is 710. The number of nitrogens with one attached hydrogen (secondary N) is 1. The lowest BCUT2D eigenvalue weighted by Crippen LogP contribution is -2.42. The van der Waals surface area contributed by atoms with Crippen LogP contribution in [-0.4, -0.2) is 48.9 Å². The number of nitrogens with zero attached hydrogens (tertiary/aromatic N) is 2. The molecule has 4 heteroatoms. The van der Waals surface area contributed by atoms with Crippen molar-refractivity contribution in [3.63, 3.8) is 0 Å². The van der Waals surface area contributed by atoms with Crippen LogP contribution in [0.15, 0.2) is 54.6 Å². The lowest BCUT2D eigenvalue weighted by Gasteiger charge is -2.32. The molecule has 0 spiro atoms. The molecule has 0 bridgehead atoms. The second kappa shape index (κ2) is 9.67. The SMILES string of the molecule is CC(C)N[C@@H](C)[C@H](c1ccc(C(=O)N(C)Cc2ccccc2)cc1)N(C)C. The van der Waals surface area contributed by atoms with Crippen molar-refractivity contribution in [2.24, 2.45) is 0 Å². The van der Waals surface area contributed by atoms with Crippen LogP contribution in [0, 0.1) is 0 Å². The molecule has 0 unspecified atom stereocenters. The van der Waals surface area contributed by atoms with Gasteiger partial charge in [0.25, 0.3) is 5.91 Å². The molecule has 4 nitrogen and oxygen atoms in total. The summed E-state index contributed by atoms with van der Waals surface area (Å²) in [5, 5.41) is 3.59. The second-order valence-corrected chi connectivity index (χ2v) is 7.79. The van der Waals surface area contributed by atoms with E-state index in [0.29, 0.717) is 18.6 Å². The number of rotatable bonds is 8. The van der Waals surface area contributed by atoms with Gasteiger partial charge in [-0.2, -0.15) is 0 Å². The van der Waals surface area contributed by atoms with Crippen LogP contribution in [-0.2, 0) is 6.54 Å². The maximum atomic E-state index is 12.7. The summed E-state index contributed by atoms with van der Waals surface area (Å²) in [6, 6.07) is 19.1. The first-order chi connectivity index (χ1) is 12.8. The third-order valence-corrected chi connectivity index (χ3v) is 4.73. The minimum atomic E-state index is 0.0418. The Balaban J connectivity index is 2.11. The van der Waals surface area contributed by atoms with E-state index in [0.717, 1.165) is 11.1 Å². The van der Waals surface area contributed by atoms with Crippen LogP contribution in [0.4, 0.5) is 0 Å². The van der Waals surface area contributed by atoms with Crippen LogP contribution in [0.2, 0.25) is 0 Å². The standard InChI is InChI=1S/C23H33N3O/c1-17(2)24-18(3)22(25(4)5)20-12-14-21(15-13-20)23(27)26(6)16-19-10-8-7-9-11-19/h7-15,17-18,22,24H,16H2,1-6H3/t18-,22+/m0/s1. The summed E-state index contributed by atoms with van der Waals surface area (Å²) in [4.78, 5) is 16.7. The molecule has 0 aliphatic heterocycles. The molecular formula is C23H33N3O. The Morgan fingerprint density at radius 1 is 0.926 bits per heavy atom. The van der Waals surface area contributed by atoms with Crippen LogP contribution in [0.1, 0.15) is 48.3 Å². The molecule has 1 amide bonds. The van der Waals surface area contributed by atoms with E-state index in [9.17, 15) is 4.79 Å². The van der Waals surface area contributed by atoms with Crippen LogP contribution in [0.5, 0.6) is 0 Å². The molecule has 0 fully saturated rings. The number of hydrogen-bond donors (Lipinski definition) is 1. The normalized spacial score (nSPS) is 13.6. The summed E-state index contributed by atoms with van der Waals surface area (Å²) in [6.45, 7) is 7.13. The predicted molar refractivity (Wildman–Crippen MR) is 113 cm³/mol. The van der Waals surface area contributed by atoms with E-state index in [1.165, 1.54) is 5.56 Å². The van der Waals surface area contributed by atoms with E-state index in [4.69, 9.17) is 0 Å². The lowest BCUT2D eigenvalue weighted by molar-refractivity contribution is 0.0785. The zero-order valence-corrected chi connectivity index (χ0v) is 17.4. The maximum absolute atomic E-state index is 12.7. The summed E-state index contributed by atoms with van der Waals surface area (Å²) >= 11 is 0. The molecule has 0 aromatic heterocycles. The van der Waals surface area contributed by atoms with Crippen molar-refractivity contribution < 1.29 is 4.79 Å². The van der Waals surface area contributed by atoms with E-state index < -0.39 is 0 Å². The van der Waals surface area contributed by atoms with Gasteiger partial charge in [0.2, 0.25) is 0 Å². The highest BCUT2D eigenvalue weighted by Crippen LogP contribution is 2.23. The van der Waals surface area contributed by atoms with Gasteiger partial charge in [0.15, 0.2) is 0 Å². The van der Waals surface area contributed by atoms with Gasteiger partial charge in [0.1, 0.15) is 0 Å². The van der Waals surface area contributed by atoms with Crippen LogP contribution >= 0.6 is 0 Å². The Morgan fingerprint density at radius 3 is 2.04 bits per heavy atom. The van der Waals surface area contributed by atoms with Gasteiger partial charge < -0.3 is 15.1 Å². The highest BCUT2D eigenvalue weighted by atomic mass is 16.2. The molecule has 1 N–H and O–H groups in total. The largest absolute Gasteiger partial charge is 0.337 e. The molecule has 2 aromatic rings. The number of benzene rings is 2. The number of likely N-dealkylation sites (N-methyl/N-ethyl adjacent to an activating group) is 1. The molecule has 0 heterocycles. The molecule has 27 heavy (non-hydrogen) atoms. The van der Waals surface area contributed by atoms with E-state index in [2.05, 4.69) is 57.2 Å². The average molecular weight is 368 g/mol. The third kappa shape index (κ3) is 5.91. The molecular weight excluding hydrogens is 334 g/mol. The maximum Gasteiger partial charge on any atom is 0.253 e. The van der Waals surface area contributed by atoms with E-state index in [1.807, 2.05) is 49.5 Å². The molecule has 2 aromatic carbocycles. The molecule has 0 radical (unpaired) electrons. The van der Waals surface area contributed by atoms with Gasteiger partial charge in [0.05, 0.1) is 0 Å². The van der Waals surface area contributed by atoms with Crippen molar-refractivity contribution in [3.05, 3.63) is 71.3 Å².